The van der Waals surface area contributed by atoms with Crippen LogP contribution < -0.4 is 4.90 Å². The third-order valence-corrected chi connectivity index (χ3v) is 5.36. The van der Waals surface area contributed by atoms with Gasteiger partial charge in [0.1, 0.15) is 13.1 Å². The number of hydrogen-bond acceptors (Lipinski definition) is 5. The summed E-state index contributed by atoms with van der Waals surface area (Å²) in [5.41, 5.74) is 1.83. The fourth-order valence-electron chi connectivity index (χ4n) is 4.04. The SMILES string of the molecule is N#Cc1ccc([C@@H](c2nnnn2C2CCCC2)[NH+]2CCOCC2)cc1. The molecule has 1 saturated carbocycles. The molecule has 130 valence electrons. The third-order valence-electron chi connectivity index (χ3n) is 5.36. The summed E-state index contributed by atoms with van der Waals surface area (Å²) in [5, 5.41) is 21.8. The van der Waals surface area contributed by atoms with Crippen LogP contribution in [0.15, 0.2) is 24.3 Å². The van der Waals surface area contributed by atoms with E-state index < -0.39 is 0 Å². The quantitative estimate of drug-likeness (QED) is 0.885. The normalized spacial score (nSPS) is 20.4. The first-order valence-electron chi connectivity index (χ1n) is 9.07. The lowest BCUT2D eigenvalue weighted by molar-refractivity contribution is -0.933. The molecule has 1 atom stereocenters. The highest BCUT2D eigenvalue weighted by Crippen LogP contribution is 2.31. The Kier molecular flexibility index (Phi) is 4.72. The fourth-order valence-corrected chi connectivity index (χ4v) is 4.04. The second-order valence-corrected chi connectivity index (χ2v) is 6.86. The molecule has 2 aromatic rings. The van der Waals surface area contributed by atoms with E-state index in [2.05, 4.69) is 26.3 Å². The molecule has 4 rings (SSSR count). The van der Waals surface area contributed by atoms with Crippen LogP contribution in [0.2, 0.25) is 0 Å². The largest absolute Gasteiger partial charge is 0.370 e. The van der Waals surface area contributed by atoms with Crippen LogP contribution >= 0.6 is 0 Å². The van der Waals surface area contributed by atoms with E-state index in [0.29, 0.717) is 11.6 Å². The van der Waals surface area contributed by atoms with Crippen LogP contribution in [-0.4, -0.2) is 46.5 Å². The highest BCUT2D eigenvalue weighted by Gasteiger charge is 2.35. The molecule has 0 amide bonds. The van der Waals surface area contributed by atoms with Crippen molar-refractivity contribution < 1.29 is 9.64 Å². The minimum absolute atomic E-state index is 0.0762. The Morgan fingerprint density at radius 3 is 2.56 bits per heavy atom. The molecule has 2 fully saturated rings. The van der Waals surface area contributed by atoms with Crippen molar-refractivity contribution in [2.75, 3.05) is 26.3 Å². The van der Waals surface area contributed by atoms with Gasteiger partial charge in [-0.25, -0.2) is 4.68 Å². The van der Waals surface area contributed by atoms with Crippen molar-refractivity contribution in [3.05, 3.63) is 41.2 Å². The predicted octanol–water partition coefficient (Wildman–Crippen LogP) is 0.664. The van der Waals surface area contributed by atoms with Crippen LogP contribution in [0.1, 0.15) is 54.7 Å². The van der Waals surface area contributed by atoms with Crippen molar-refractivity contribution in [1.82, 2.24) is 20.2 Å². The monoisotopic (exact) mass is 339 g/mol. The number of hydrogen-bond donors (Lipinski definition) is 1. The van der Waals surface area contributed by atoms with Crippen LogP contribution in [0.4, 0.5) is 0 Å². The van der Waals surface area contributed by atoms with Gasteiger partial charge in [-0.15, -0.1) is 5.10 Å². The van der Waals surface area contributed by atoms with E-state index in [0.717, 1.165) is 50.5 Å². The van der Waals surface area contributed by atoms with Crippen LogP contribution in [0, 0.1) is 11.3 Å². The zero-order valence-corrected chi connectivity index (χ0v) is 14.3. The number of tetrazole rings is 1. The standard InChI is InChI=1S/C18H22N6O/c19-13-14-5-7-15(8-6-14)17(23-9-11-25-12-10-23)18-20-21-22-24(18)16-3-1-2-4-16/h5-8,16-17H,1-4,9-12H2/p+1/t17-/m0/s1. The highest BCUT2D eigenvalue weighted by molar-refractivity contribution is 5.33. The van der Waals surface area contributed by atoms with E-state index in [-0.39, 0.29) is 6.04 Å². The first-order chi connectivity index (χ1) is 12.4. The van der Waals surface area contributed by atoms with Crippen LogP contribution in [-0.2, 0) is 4.74 Å². The lowest BCUT2D eigenvalue weighted by Crippen LogP contribution is -3.14. The summed E-state index contributed by atoms with van der Waals surface area (Å²) in [6, 6.07) is 10.5. The molecule has 7 heteroatoms. The molecule has 2 heterocycles. The average molecular weight is 339 g/mol. The molecule has 0 spiro atoms. The summed E-state index contributed by atoms with van der Waals surface area (Å²) in [6.45, 7) is 3.38. The van der Waals surface area contributed by atoms with Crippen molar-refractivity contribution in [2.24, 2.45) is 0 Å². The number of quaternary nitrogens is 1. The molecule has 1 aliphatic heterocycles. The predicted molar refractivity (Wildman–Crippen MR) is 89.8 cm³/mol. The molecular weight excluding hydrogens is 316 g/mol. The second-order valence-electron chi connectivity index (χ2n) is 6.86. The Morgan fingerprint density at radius 1 is 1.16 bits per heavy atom. The third kappa shape index (κ3) is 3.28. The van der Waals surface area contributed by atoms with Gasteiger partial charge in [0.05, 0.1) is 30.9 Å². The summed E-state index contributed by atoms with van der Waals surface area (Å²) in [6.07, 6.45) is 4.79. The summed E-state index contributed by atoms with van der Waals surface area (Å²) >= 11 is 0. The van der Waals surface area contributed by atoms with Gasteiger partial charge in [-0.3, -0.25) is 0 Å². The lowest BCUT2D eigenvalue weighted by Gasteiger charge is -2.31. The molecule has 0 radical (unpaired) electrons. The highest BCUT2D eigenvalue weighted by atomic mass is 16.5. The summed E-state index contributed by atoms with van der Waals surface area (Å²) in [5.74, 6) is 0.938. The molecule has 0 bridgehead atoms. The molecule has 1 aromatic carbocycles. The smallest absolute Gasteiger partial charge is 0.214 e. The zero-order chi connectivity index (χ0) is 17.1. The van der Waals surface area contributed by atoms with Crippen LogP contribution in [0.5, 0.6) is 0 Å². The Morgan fingerprint density at radius 2 is 1.88 bits per heavy atom. The van der Waals surface area contributed by atoms with Gasteiger partial charge in [0.25, 0.3) is 0 Å². The van der Waals surface area contributed by atoms with Crippen LogP contribution in [0.3, 0.4) is 0 Å². The molecule has 2 aliphatic rings. The molecule has 1 aliphatic carbocycles. The van der Waals surface area contributed by atoms with Crippen molar-refractivity contribution >= 4 is 0 Å². The molecule has 7 nitrogen and oxygen atoms in total. The van der Waals surface area contributed by atoms with E-state index >= 15 is 0 Å². The number of nitrogens with zero attached hydrogens (tertiary/aromatic N) is 5. The van der Waals surface area contributed by atoms with Crippen molar-refractivity contribution in [3.63, 3.8) is 0 Å². The summed E-state index contributed by atoms with van der Waals surface area (Å²) in [4.78, 5) is 1.42. The minimum Gasteiger partial charge on any atom is -0.370 e. The van der Waals surface area contributed by atoms with Gasteiger partial charge < -0.3 is 9.64 Å². The maximum Gasteiger partial charge on any atom is 0.214 e. The number of ether oxygens (including phenoxy) is 1. The number of rotatable bonds is 4. The van der Waals surface area contributed by atoms with E-state index in [1.54, 1.807) is 0 Å². The number of aromatic nitrogens is 4. The van der Waals surface area contributed by atoms with Gasteiger partial charge in [-0.05, 0) is 35.4 Å². The number of nitriles is 1. The first kappa shape index (κ1) is 16.2. The average Bonchev–Trinajstić information content (AvgIpc) is 3.35. The fraction of sp³-hybridized carbons (Fsp3) is 0.556. The van der Waals surface area contributed by atoms with E-state index in [4.69, 9.17) is 10.00 Å². The zero-order valence-electron chi connectivity index (χ0n) is 14.3. The van der Waals surface area contributed by atoms with E-state index in [1.807, 2.05) is 24.3 Å². The molecule has 0 unspecified atom stereocenters. The number of benzene rings is 1. The van der Waals surface area contributed by atoms with Gasteiger partial charge in [-0.2, -0.15) is 5.26 Å². The maximum absolute atomic E-state index is 9.08. The van der Waals surface area contributed by atoms with Crippen molar-refractivity contribution in [2.45, 2.75) is 37.8 Å². The Bertz CT molecular complexity index is 738. The Hall–Kier alpha value is -2.30. The van der Waals surface area contributed by atoms with Gasteiger partial charge in [0, 0.05) is 5.56 Å². The molecular formula is C18H23N6O+. The van der Waals surface area contributed by atoms with E-state index in [1.165, 1.54) is 17.7 Å². The lowest BCUT2D eigenvalue weighted by atomic mass is 10.0. The van der Waals surface area contributed by atoms with Gasteiger partial charge in [-0.1, -0.05) is 25.0 Å². The summed E-state index contributed by atoms with van der Waals surface area (Å²) < 4.78 is 7.60. The molecule has 25 heavy (non-hydrogen) atoms. The topological polar surface area (TPSA) is 81.1 Å². The van der Waals surface area contributed by atoms with Crippen molar-refractivity contribution in [1.29, 1.82) is 5.26 Å². The molecule has 1 N–H and O–H groups in total. The van der Waals surface area contributed by atoms with Crippen LogP contribution in [0.25, 0.3) is 0 Å². The number of nitrogens with one attached hydrogen (secondary N) is 1. The van der Waals surface area contributed by atoms with Gasteiger partial charge in [0.2, 0.25) is 5.82 Å². The first-order valence-corrected chi connectivity index (χ1v) is 9.07. The molecule has 1 aromatic heterocycles. The maximum atomic E-state index is 9.08. The van der Waals surface area contributed by atoms with Gasteiger partial charge in [0.15, 0.2) is 6.04 Å². The van der Waals surface area contributed by atoms with Crippen molar-refractivity contribution in [3.8, 4) is 6.07 Å². The second kappa shape index (κ2) is 7.30. The molecule has 1 saturated heterocycles. The summed E-state index contributed by atoms with van der Waals surface area (Å²) in [7, 11) is 0. The Labute approximate surface area is 147 Å². The minimum atomic E-state index is 0.0762. The number of morpholine rings is 1. The van der Waals surface area contributed by atoms with Gasteiger partial charge >= 0.3 is 0 Å². The Balaban J connectivity index is 1.72. The van der Waals surface area contributed by atoms with E-state index in [9.17, 15) is 0 Å².